The summed E-state index contributed by atoms with van der Waals surface area (Å²) in [5.74, 6) is -0.409. The number of fused-ring (bicyclic) bond motifs is 1. The summed E-state index contributed by atoms with van der Waals surface area (Å²) >= 11 is 0. The van der Waals surface area contributed by atoms with Gasteiger partial charge in [0.05, 0.1) is 29.6 Å². The van der Waals surface area contributed by atoms with Crippen LogP contribution < -0.4 is 0 Å². The molecule has 6 heteroatoms. The van der Waals surface area contributed by atoms with Gasteiger partial charge in [0.1, 0.15) is 0 Å². The van der Waals surface area contributed by atoms with Crippen LogP contribution >= 0.6 is 0 Å². The zero-order valence-electron chi connectivity index (χ0n) is 13.1. The van der Waals surface area contributed by atoms with Gasteiger partial charge in [-0.25, -0.2) is 14.2 Å². The predicted molar refractivity (Wildman–Crippen MR) is 86.2 cm³/mol. The van der Waals surface area contributed by atoms with Crippen LogP contribution in [0.2, 0.25) is 0 Å². The van der Waals surface area contributed by atoms with Crippen molar-refractivity contribution in [3.8, 4) is 0 Å². The molecule has 1 N–H and O–H groups in total. The molecule has 1 aliphatic heterocycles. The Balaban J connectivity index is 2.32. The van der Waals surface area contributed by atoms with Gasteiger partial charge in [-0.05, 0) is 25.0 Å². The molecule has 0 unspecified atom stereocenters. The van der Waals surface area contributed by atoms with Crippen LogP contribution in [0.4, 0.5) is 4.79 Å². The van der Waals surface area contributed by atoms with Crippen molar-refractivity contribution in [2.24, 2.45) is 0 Å². The lowest BCUT2D eigenvalue weighted by atomic mass is 10.0. The number of carbonyl (C=O) groups is 2. The molecule has 0 aliphatic carbocycles. The first-order valence-electron chi connectivity index (χ1n) is 7.41. The highest BCUT2D eigenvalue weighted by Gasteiger charge is 2.28. The topological polar surface area (TPSA) is 71.8 Å². The fourth-order valence-electron chi connectivity index (χ4n) is 3.16. The molecule has 1 aromatic carbocycles. The molecular formula is C17H18N2O4. The highest BCUT2D eigenvalue weighted by Crippen LogP contribution is 2.33. The van der Waals surface area contributed by atoms with E-state index in [1.54, 1.807) is 12.1 Å². The van der Waals surface area contributed by atoms with Crippen molar-refractivity contribution in [2.75, 3.05) is 20.7 Å². The Hall–Kier alpha value is -2.76. The highest BCUT2D eigenvalue weighted by molar-refractivity contribution is 6.01. The third kappa shape index (κ3) is 2.46. The quantitative estimate of drug-likeness (QED) is 0.863. The number of benzene rings is 1. The number of rotatable bonds is 2. The van der Waals surface area contributed by atoms with Crippen LogP contribution in [0.5, 0.6) is 0 Å². The average molecular weight is 314 g/mol. The van der Waals surface area contributed by atoms with E-state index in [0.29, 0.717) is 28.9 Å². The second kappa shape index (κ2) is 5.79. The summed E-state index contributed by atoms with van der Waals surface area (Å²) in [5.41, 5.74) is 2.25. The molecule has 120 valence electrons. The summed E-state index contributed by atoms with van der Waals surface area (Å²) < 4.78 is 6.12. The molecule has 0 radical (unpaired) electrons. The first kappa shape index (κ1) is 15.1. The molecule has 0 amide bonds. The molecular weight excluding hydrogens is 296 g/mol. The molecule has 0 spiro atoms. The summed E-state index contributed by atoms with van der Waals surface area (Å²) in [7, 11) is 3.20. The van der Waals surface area contributed by atoms with Crippen molar-refractivity contribution in [1.29, 1.82) is 0 Å². The van der Waals surface area contributed by atoms with Gasteiger partial charge in [-0.1, -0.05) is 18.2 Å². The van der Waals surface area contributed by atoms with Crippen LogP contribution in [0.25, 0.3) is 16.6 Å². The number of ether oxygens (including phenoxy) is 1. The Kier molecular flexibility index (Phi) is 3.82. The van der Waals surface area contributed by atoms with Gasteiger partial charge in [-0.3, -0.25) is 0 Å². The zero-order valence-corrected chi connectivity index (χ0v) is 13.1. The van der Waals surface area contributed by atoms with E-state index < -0.39 is 12.1 Å². The minimum atomic E-state index is -1.07. The van der Waals surface area contributed by atoms with Gasteiger partial charge in [-0.15, -0.1) is 0 Å². The van der Waals surface area contributed by atoms with Gasteiger partial charge in [-0.2, -0.15) is 0 Å². The summed E-state index contributed by atoms with van der Waals surface area (Å²) in [5, 5.41) is 10.5. The monoisotopic (exact) mass is 314 g/mol. The minimum Gasteiger partial charge on any atom is -0.466 e. The largest absolute Gasteiger partial charge is 0.466 e. The van der Waals surface area contributed by atoms with Crippen molar-refractivity contribution in [3.63, 3.8) is 0 Å². The molecule has 6 nitrogen and oxygen atoms in total. The van der Waals surface area contributed by atoms with Crippen LogP contribution in [-0.2, 0) is 9.53 Å². The number of para-hydroxylation sites is 1. The van der Waals surface area contributed by atoms with E-state index in [1.165, 1.54) is 11.7 Å². The maximum atomic E-state index is 12.1. The van der Waals surface area contributed by atoms with E-state index in [1.807, 2.05) is 30.1 Å². The number of nitrogens with zero attached hydrogens (tertiary/aromatic N) is 2. The lowest BCUT2D eigenvalue weighted by Crippen LogP contribution is -2.29. The Labute approximate surface area is 133 Å². The first-order valence-corrected chi connectivity index (χ1v) is 7.41. The third-order valence-electron chi connectivity index (χ3n) is 4.16. The van der Waals surface area contributed by atoms with E-state index in [2.05, 4.69) is 0 Å². The van der Waals surface area contributed by atoms with E-state index in [-0.39, 0.29) is 0 Å². The number of carbonyl (C=O) groups excluding carboxylic acids is 1. The number of aromatic nitrogens is 1. The van der Waals surface area contributed by atoms with Crippen LogP contribution in [0.15, 0.2) is 35.9 Å². The van der Waals surface area contributed by atoms with Crippen molar-refractivity contribution in [3.05, 3.63) is 41.6 Å². The molecule has 2 aromatic rings. The Morgan fingerprint density at radius 3 is 2.70 bits per heavy atom. The van der Waals surface area contributed by atoms with Crippen LogP contribution in [0.1, 0.15) is 18.5 Å². The molecule has 0 saturated heterocycles. The zero-order chi connectivity index (χ0) is 16.6. The molecule has 23 heavy (non-hydrogen) atoms. The van der Waals surface area contributed by atoms with Gasteiger partial charge in [0.2, 0.25) is 0 Å². The van der Waals surface area contributed by atoms with Crippen LogP contribution in [0.3, 0.4) is 0 Å². The smallest absolute Gasteiger partial charge is 0.416 e. The lowest BCUT2D eigenvalue weighted by Gasteiger charge is -2.29. The molecule has 1 aromatic heterocycles. The van der Waals surface area contributed by atoms with Gasteiger partial charge in [0.25, 0.3) is 0 Å². The van der Waals surface area contributed by atoms with Crippen LogP contribution in [-0.4, -0.2) is 47.3 Å². The SMILES string of the molecule is COC(=O)C1=C(c2cc3ccccc3n2C(=O)O)N(C)CCC1. The van der Waals surface area contributed by atoms with Gasteiger partial charge < -0.3 is 14.7 Å². The Morgan fingerprint density at radius 2 is 2.00 bits per heavy atom. The molecule has 0 fully saturated rings. The summed E-state index contributed by atoms with van der Waals surface area (Å²) in [4.78, 5) is 25.8. The van der Waals surface area contributed by atoms with Crippen molar-refractivity contribution < 1.29 is 19.4 Å². The van der Waals surface area contributed by atoms with Crippen molar-refractivity contribution in [1.82, 2.24) is 9.47 Å². The first-order chi connectivity index (χ1) is 11.0. The van der Waals surface area contributed by atoms with E-state index >= 15 is 0 Å². The van der Waals surface area contributed by atoms with Crippen molar-refractivity contribution >= 4 is 28.7 Å². The Morgan fingerprint density at radius 1 is 1.26 bits per heavy atom. The molecule has 3 rings (SSSR count). The van der Waals surface area contributed by atoms with Gasteiger partial charge in [0.15, 0.2) is 0 Å². The highest BCUT2D eigenvalue weighted by atomic mass is 16.5. The fourth-order valence-corrected chi connectivity index (χ4v) is 3.16. The summed E-state index contributed by atoms with van der Waals surface area (Å²) in [6.07, 6.45) is 0.336. The second-order valence-corrected chi connectivity index (χ2v) is 5.55. The van der Waals surface area contributed by atoms with Crippen LogP contribution in [0, 0.1) is 0 Å². The number of hydrogen-bond acceptors (Lipinski definition) is 4. The minimum absolute atomic E-state index is 0.409. The lowest BCUT2D eigenvalue weighted by molar-refractivity contribution is -0.136. The summed E-state index contributed by atoms with van der Waals surface area (Å²) in [6, 6.07) is 9.08. The Bertz CT molecular complexity index is 819. The molecule has 2 heterocycles. The number of carboxylic acid groups (broad SMARTS) is 1. The predicted octanol–water partition coefficient (Wildman–Crippen LogP) is 2.78. The van der Waals surface area contributed by atoms with Gasteiger partial charge in [0, 0.05) is 19.0 Å². The van der Waals surface area contributed by atoms with E-state index in [0.717, 1.165) is 18.4 Å². The van der Waals surface area contributed by atoms with Crippen molar-refractivity contribution in [2.45, 2.75) is 12.8 Å². The number of esters is 1. The molecule has 0 bridgehead atoms. The number of hydrogen-bond donors (Lipinski definition) is 1. The third-order valence-corrected chi connectivity index (χ3v) is 4.16. The standard InChI is InChI=1S/C17H18N2O4/c1-18-9-5-7-12(16(20)23-2)15(18)14-10-11-6-3-4-8-13(11)19(14)17(21)22/h3-4,6,8,10H,5,7,9H2,1-2H3,(H,21,22). The van der Waals surface area contributed by atoms with E-state index in [4.69, 9.17) is 4.74 Å². The normalized spacial score (nSPS) is 15.1. The maximum Gasteiger partial charge on any atom is 0.416 e. The van der Waals surface area contributed by atoms with Gasteiger partial charge >= 0.3 is 12.1 Å². The van der Waals surface area contributed by atoms with E-state index in [9.17, 15) is 14.7 Å². The fraction of sp³-hybridized carbons (Fsp3) is 0.294. The summed E-state index contributed by atoms with van der Waals surface area (Å²) in [6.45, 7) is 0.761. The number of methoxy groups -OCH3 is 1. The molecule has 0 saturated carbocycles. The molecule has 1 aliphatic rings. The molecule has 0 atom stereocenters. The maximum absolute atomic E-state index is 12.1. The second-order valence-electron chi connectivity index (χ2n) is 5.55. The average Bonchev–Trinajstić information content (AvgIpc) is 2.92.